The smallest absolute Gasteiger partial charge is 0.407 e. The third kappa shape index (κ3) is 14.0. The quantitative estimate of drug-likeness (QED) is 0.274. The lowest BCUT2D eigenvalue weighted by Crippen LogP contribution is -2.46. The second-order valence-electron chi connectivity index (χ2n) is 11.4. The molecule has 0 saturated carbocycles. The van der Waals surface area contributed by atoms with Crippen LogP contribution in [0.1, 0.15) is 59.9 Å². The number of hydrogen-bond acceptors (Lipinski definition) is 7. The van der Waals surface area contributed by atoms with Crippen LogP contribution < -0.4 is 5.32 Å². The van der Waals surface area contributed by atoms with Crippen LogP contribution in [0.25, 0.3) is 0 Å². The maximum Gasteiger partial charge on any atom is 0.407 e. The topological polar surface area (TPSA) is 100 Å². The van der Waals surface area contributed by atoms with Crippen LogP contribution in [0.2, 0.25) is 18.1 Å². The first-order chi connectivity index (χ1) is 15.9. The molecule has 1 aromatic rings. The number of rotatable bonds is 13. The van der Waals surface area contributed by atoms with Crippen molar-refractivity contribution in [3.05, 3.63) is 35.9 Å². The molecule has 1 N–H and O–H groups in total. The van der Waals surface area contributed by atoms with E-state index < -0.39 is 36.2 Å². The fourth-order valence-corrected chi connectivity index (χ4v) is 4.69. The minimum absolute atomic E-state index is 0.0523. The lowest BCUT2D eigenvalue weighted by Gasteiger charge is -2.39. The molecule has 0 heterocycles. The number of carbonyl (C=O) groups is 1. The standard InChI is InChI=1S/C25H45NO7SSi/c1-24(2,3)32-23(27)26-21(18-30-17-20-13-11-10-12-14-20)15-16-22(19-31-34(7,28)29)33-35(8,9)25(4,5)6/h10-14,21-22H,15-19H2,1-9H3,(H,26,27)/t21-,22+/m1/s1. The Hall–Kier alpha value is -1.46. The maximum absolute atomic E-state index is 12.4. The zero-order valence-corrected chi connectivity index (χ0v) is 24.7. The average Bonchev–Trinajstić information content (AvgIpc) is 2.67. The van der Waals surface area contributed by atoms with Gasteiger partial charge in [-0.25, -0.2) is 4.79 Å². The largest absolute Gasteiger partial charge is 0.444 e. The number of ether oxygens (including phenoxy) is 2. The third-order valence-electron chi connectivity index (χ3n) is 5.72. The van der Waals surface area contributed by atoms with Gasteiger partial charge in [0.05, 0.1) is 38.2 Å². The third-order valence-corrected chi connectivity index (χ3v) is 10.8. The van der Waals surface area contributed by atoms with E-state index in [2.05, 4.69) is 39.2 Å². The molecule has 10 heteroatoms. The van der Waals surface area contributed by atoms with Gasteiger partial charge in [0.1, 0.15) is 5.60 Å². The van der Waals surface area contributed by atoms with Gasteiger partial charge in [-0.15, -0.1) is 0 Å². The summed E-state index contributed by atoms with van der Waals surface area (Å²) < 4.78 is 46.1. The second kappa shape index (κ2) is 13.2. The zero-order chi connectivity index (χ0) is 26.9. The van der Waals surface area contributed by atoms with E-state index in [1.165, 1.54) is 0 Å². The molecule has 0 saturated heterocycles. The summed E-state index contributed by atoms with van der Waals surface area (Å²) in [6.45, 7) is 16.6. The molecule has 0 aliphatic heterocycles. The number of benzene rings is 1. The molecule has 1 rings (SSSR count). The minimum atomic E-state index is -3.61. The highest BCUT2D eigenvalue weighted by Gasteiger charge is 2.39. The van der Waals surface area contributed by atoms with Gasteiger partial charge in [0.25, 0.3) is 10.1 Å². The van der Waals surface area contributed by atoms with E-state index in [1.807, 2.05) is 30.3 Å². The molecular weight excluding hydrogens is 486 g/mol. The van der Waals surface area contributed by atoms with Gasteiger partial charge in [-0.05, 0) is 57.3 Å². The van der Waals surface area contributed by atoms with Crippen molar-refractivity contribution < 1.29 is 31.3 Å². The molecule has 0 radical (unpaired) electrons. The van der Waals surface area contributed by atoms with Crippen molar-refractivity contribution in [2.45, 2.75) is 96.9 Å². The molecule has 2 atom stereocenters. The molecule has 0 aromatic heterocycles. The van der Waals surface area contributed by atoms with Crippen LogP contribution in [0.15, 0.2) is 30.3 Å². The zero-order valence-electron chi connectivity index (χ0n) is 22.8. The molecular formula is C25H45NO7SSi. The van der Waals surface area contributed by atoms with Crippen LogP contribution in [0.3, 0.4) is 0 Å². The fourth-order valence-electron chi connectivity index (χ4n) is 2.92. The van der Waals surface area contributed by atoms with Crippen molar-refractivity contribution in [2.75, 3.05) is 19.5 Å². The number of amides is 1. The van der Waals surface area contributed by atoms with E-state index >= 15 is 0 Å². The number of hydrogen-bond donors (Lipinski definition) is 1. The van der Waals surface area contributed by atoms with Crippen LogP contribution in [0, 0.1) is 0 Å². The highest BCUT2D eigenvalue weighted by Crippen LogP contribution is 2.37. The highest BCUT2D eigenvalue weighted by atomic mass is 32.2. The maximum atomic E-state index is 12.4. The SMILES string of the molecule is CC(C)(C)OC(=O)N[C@H](CC[C@@H](COS(C)(=O)=O)O[Si](C)(C)C(C)(C)C)COCc1ccccc1. The lowest BCUT2D eigenvalue weighted by molar-refractivity contribution is 0.0397. The molecule has 0 fully saturated rings. The second-order valence-corrected chi connectivity index (χ2v) is 17.8. The Kier molecular flexibility index (Phi) is 11.9. The van der Waals surface area contributed by atoms with E-state index in [-0.39, 0.29) is 24.3 Å². The van der Waals surface area contributed by atoms with Crippen molar-refractivity contribution in [1.82, 2.24) is 5.32 Å². The summed E-state index contributed by atoms with van der Waals surface area (Å²) in [5, 5.41) is 2.84. The molecule has 1 amide bonds. The summed E-state index contributed by atoms with van der Waals surface area (Å²) in [7, 11) is -5.80. The Bertz CT molecular complexity index is 877. The Labute approximate surface area is 213 Å². The minimum Gasteiger partial charge on any atom is -0.444 e. The number of alkyl carbamates (subject to hydrolysis) is 1. The van der Waals surface area contributed by atoms with E-state index in [4.69, 9.17) is 18.1 Å². The summed E-state index contributed by atoms with van der Waals surface area (Å²) in [4.78, 5) is 12.4. The first kappa shape index (κ1) is 31.6. The van der Waals surface area contributed by atoms with Gasteiger partial charge < -0.3 is 19.2 Å². The van der Waals surface area contributed by atoms with Crippen LogP contribution in [0.5, 0.6) is 0 Å². The van der Waals surface area contributed by atoms with Crippen molar-refractivity contribution in [3.8, 4) is 0 Å². The van der Waals surface area contributed by atoms with E-state index in [9.17, 15) is 13.2 Å². The Morgan fingerprint density at radius 1 is 1.00 bits per heavy atom. The van der Waals surface area contributed by atoms with Crippen molar-refractivity contribution in [2.24, 2.45) is 0 Å². The summed E-state index contributed by atoms with van der Waals surface area (Å²) in [5.41, 5.74) is 0.404. The van der Waals surface area contributed by atoms with E-state index in [0.29, 0.717) is 19.4 Å². The molecule has 0 bridgehead atoms. The fraction of sp³-hybridized carbons (Fsp3) is 0.720. The molecule has 0 aliphatic rings. The van der Waals surface area contributed by atoms with Gasteiger partial charge >= 0.3 is 6.09 Å². The first-order valence-electron chi connectivity index (χ1n) is 12.0. The van der Waals surface area contributed by atoms with Crippen LogP contribution in [0.4, 0.5) is 4.79 Å². The van der Waals surface area contributed by atoms with E-state index in [1.54, 1.807) is 20.8 Å². The molecule has 1 aromatic carbocycles. The number of carbonyl (C=O) groups excluding carboxylic acids is 1. The summed E-state index contributed by atoms with van der Waals surface area (Å²) in [6.07, 6.45) is 1.04. The highest BCUT2D eigenvalue weighted by molar-refractivity contribution is 7.85. The monoisotopic (exact) mass is 531 g/mol. The van der Waals surface area contributed by atoms with E-state index in [0.717, 1.165) is 11.8 Å². The average molecular weight is 532 g/mol. The Balaban J connectivity index is 2.90. The molecule has 0 unspecified atom stereocenters. The van der Waals surface area contributed by atoms with Gasteiger partial charge in [0.15, 0.2) is 8.32 Å². The predicted octanol–water partition coefficient (Wildman–Crippen LogP) is 5.24. The van der Waals surface area contributed by atoms with Gasteiger partial charge in [-0.3, -0.25) is 4.18 Å². The van der Waals surface area contributed by atoms with Gasteiger partial charge in [0, 0.05) is 0 Å². The Morgan fingerprint density at radius 2 is 1.60 bits per heavy atom. The van der Waals surface area contributed by atoms with Gasteiger partial charge in [-0.1, -0.05) is 51.1 Å². The summed E-state index contributed by atoms with van der Waals surface area (Å²) in [6, 6.07) is 9.43. The number of nitrogens with one attached hydrogen (secondary N) is 1. The summed E-state index contributed by atoms with van der Waals surface area (Å²) >= 11 is 0. The normalized spacial score (nSPS) is 14.9. The van der Waals surface area contributed by atoms with Crippen LogP contribution in [-0.2, 0) is 34.8 Å². The molecule has 0 aliphatic carbocycles. The predicted molar refractivity (Wildman–Crippen MR) is 141 cm³/mol. The molecule has 0 spiro atoms. The molecule has 8 nitrogen and oxygen atoms in total. The van der Waals surface area contributed by atoms with Crippen LogP contribution in [-0.4, -0.2) is 60.0 Å². The first-order valence-corrected chi connectivity index (χ1v) is 16.7. The van der Waals surface area contributed by atoms with Crippen LogP contribution >= 0.6 is 0 Å². The lowest BCUT2D eigenvalue weighted by atomic mass is 10.1. The molecule has 35 heavy (non-hydrogen) atoms. The van der Waals surface area contributed by atoms with Crippen molar-refractivity contribution in [3.63, 3.8) is 0 Å². The van der Waals surface area contributed by atoms with Crippen molar-refractivity contribution in [1.29, 1.82) is 0 Å². The Morgan fingerprint density at radius 3 is 2.11 bits per heavy atom. The van der Waals surface area contributed by atoms with Crippen molar-refractivity contribution >= 4 is 24.5 Å². The van der Waals surface area contributed by atoms with Gasteiger partial charge in [0.2, 0.25) is 0 Å². The summed E-state index contributed by atoms with van der Waals surface area (Å²) in [5.74, 6) is 0. The molecule has 202 valence electrons. The van der Waals surface area contributed by atoms with Gasteiger partial charge in [-0.2, -0.15) is 8.42 Å².